The van der Waals surface area contributed by atoms with E-state index < -0.39 is 11.5 Å². The second-order valence-electron chi connectivity index (χ2n) is 6.26. The van der Waals surface area contributed by atoms with Crippen molar-refractivity contribution in [3.63, 3.8) is 0 Å². The van der Waals surface area contributed by atoms with E-state index in [1.165, 1.54) is 0 Å². The van der Waals surface area contributed by atoms with Gasteiger partial charge in [-0.15, -0.1) is 12.4 Å². The van der Waals surface area contributed by atoms with Crippen molar-refractivity contribution in [2.45, 2.75) is 44.2 Å². The van der Waals surface area contributed by atoms with Crippen LogP contribution in [0.1, 0.15) is 32.1 Å². The molecule has 1 saturated heterocycles. The Balaban J connectivity index is 0.00000220. The number of nitrogens with one attached hydrogen (secondary N) is 2. The molecule has 2 unspecified atom stereocenters. The first kappa shape index (κ1) is 18.2. The Morgan fingerprint density at radius 1 is 1.33 bits per heavy atom. The predicted octanol–water partition coefficient (Wildman–Crippen LogP) is -0.104. The lowest BCUT2D eigenvalue weighted by atomic mass is 9.84. The summed E-state index contributed by atoms with van der Waals surface area (Å²) in [6.07, 6.45) is 3.75. The molecule has 0 aromatic carbocycles. The lowest BCUT2D eigenvalue weighted by molar-refractivity contribution is -0.139. The molecule has 1 aliphatic carbocycles. The maximum atomic E-state index is 12.4. The van der Waals surface area contributed by atoms with Crippen LogP contribution < -0.4 is 10.6 Å². The van der Waals surface area contributed by atoms with Crippen molar-refractivity contribution < 1.29 is 14.7 Å². The SMILES string of the molecule is CN(C)C(=O)C1(CNC(=O)C2CC(O)CN2)CCCC1.Cl. The minimum Gasteiger partial charge on any atom is -0.392 e. The summed E-state index contributed by atoms with van der Waals surface area (Å²) in [7, 11) is 3.53. The zero-order valence-corrected chi connectivity index (χ0v) is 13.5. The second kappa shape index (κ2) is 7.42. The molecule has 2 rings (SSSR count). The predicted molar refractivity (Wildman–Crippen MR) is 82.3 cm³/mol. The van der Waals surface area contributed by atoms with E-state index in [4.69, 9.17) is 0 Å². The number of hydrogen-bond acceptors (Lipinski definition) is 4. The zero-order valence-electron chi connectivity index (χ0n) is 12.7. The lowest BCUT2D eigenvalue weighted by Crippen LogP contribution is -2.49. The maximum absolute atomic E-state index is 12.4. The van der Waals surface area contributed by atoms with Crippen LogP contribution in [0.15, 0.2) is 0 Å². The minimum absolute atomic E-state index is 0. The Morgan fingerprint density at radius 2 is 1.95 bits per heavy atom. The molecule has 0 aromatic heterocycles. The van der Waals surface area contributed by atoms with Gasteiger partial charge in [0.2, 0.25) is 11.8 Å². The molecule has 0 bridgehead atoms. The monoisotopic (exact) mass is 319 g/mol. The molecule has 122 valence electrons. The number of nitrogens with zero attached hydrogens (tertiary/aromatic N) is 1. The van der Waals surface area contributed by atoms with Crippen molar-refractivity contribution >= 4 is 24.2 Å². The first-order chi connectivity index (χ1) is 9.44. The van der Waals surface area contributed by atoms with Gasteiger partial charge in [-0.1, -0.05) is 12.8 Å². The van der Waals surface area contributed by atoms with Crippen molar-refractivity contribution in [2.24, 2.45) is 5.41 Å². The third-order valence-electron chi connectivity index (χ3n) is 4.45. The summed E-state index contributed by atoms with van der Waals surface area (Å²) in [4.78, 5) is 26.1. The third kappa shape index (κ3) is 4.08. The van der Waals surface area contributed by atoms with E-state index in [2.05, 4.69) is 10.6 Å². The Labute approximate surface area is 132 Å². The highest BCUT2D eigenvalue weighted by molar-refractivity contribution is 5.86. The smallest absolute Gasteiger partial charge is 0.237 e. The van der Waals surface area contributed by atoms with Crippen LogP contribution in [-0.4, -0.2) is 61.2 Å². The second-order valence-corrected chi connectivity index (χ2v) is 6.26. The third-order valence-corrected chi connectivity index (χ3v) is 4.45. The molecule has 1 saturated carbocycles. The topological polar surface area (TPSA) is 81.7 Å². The van der Waals surface area contributed by atoms with Gasteiger partial charge < -0.3 is 20.6 Å². The molecule has 7 heteroatoms. The van der Waals surface area contributed by atoms with Crippen LogP contribution in [0.4, 0.5) is 0 Å². The van der Waals surface area contributed by atoms with E-state index in [1.54, 1.807) is 19.0 Å². The molecule has 0 aromatic rings. The van der Waals surface area contributed by atoms with Gasteiger partial charge in [0.05, 0.1) is 17.6 Å². The number of halogens is 1. The van der Waals surface area contributed by atoms with Crippen LogP contribution >= 0.6 is 12.4 Å². The standard InChI is InChI=1S/C14H25N3O3.ClH/c1-17(2)13(20)14(5-3-4-6-14)9-16-12(19)11-7-10(18)8-15-11;/h10-11,15,18H,3-9H2,1-2H3,(H,16,19);1H. The number of aliphatic hydroxyl groups excluding tert-OH is 1. The Kier molecular flexibility index (Phi) is 6.43. The van der Waals surface area contributed by atoms with Crippen molar-refractivity contribution in [3.05, 3.63) is 0 Å². The van der Waals surface area contributed by atoms with Crippen molar-refractivity contribution in [1.82, 2.24) is 15.5 Å². The number of aliphatic hydroxyl groups is 1. The molecule has 0 spiro atoms. The summed E-state index contributed by atoms with van der Waals surface area (Å²) >= 11 is 0. The van der Waals surface area contributed by atoms with Crippen LogP contribution in [0.2, 0.25) is 0 Å². The molecule has 2 aliphatic rings. The molecule has 1 heterocycles. The van der Waals surface area contributed by atoms with Gasteiger partial charge in [0.1, 0.15) is 0 Å². The number of carbonyl (C=O) groups is 2. The molecule has 2 fully saturated rings. The normalized spacial score (nSPS) is 27.0. The van der Waals surface area contributed by atoms with Gasteiger partial charge in [-0.2, -0.15) is 0 Å². The average Bonchev–Trinajstić information content (AvgIpc) is 3.04. The van der Waals surface area contributed by atoms with Crippen molar-refractivity contribution in [3.8, 4) is 0 Å². The summed E-state index contributed by atoms with van der Waals surface area (Å²) in [5.74, 6) is -0.00547. The van der Waals surface area contributed by atoms with E-state index in [0.717, 1.165) is 25.7 Å². The van der Waals surface area contributed by atoms with Gasteiger partial charge in [-0.25, -0.2) is 0 Å². The largest absolute Gasteiger partial charge is 0.392 e. The van der Waals surface area contributed by atoms with E-state index in [0.29, 0.717) is 19.5 Å². The summed E-state index contributed by atoms with van der Waals surface area (Å²) in [5.41, 5.74) is -0.434. The van der Waals surface area contributed by atoms with E-state index in [1.807, 2.05) is 0 Å². The van der Waals surface area contributed by atoms with E-state index >= 15 is 0 Å². The number of carbonyl (C=O) groups excluding carboxylic acids is 2. The van der Waals surface area contributed by atoms with Crippen LogP contribution in [0.3, 0.4) is 0 Å². The van der Waals surface area contributed by atoms with Gasteiger partial charge in [-0.05, 0) is 19.3 Å². The molecule has 2 atom stereocenters. The van der Waals surface area contributed by atoms with Crippen molar-refractivity contribution in [1.29, 1.82) is 0 Å². The van der Waals surface area contributed by atoms with Crippen LogP contribution in [0.25, 0.3) is 0 Å². The van der Waals surface area contributed by atoms with Crippen LogP contribution in [-0.2, 0) is 9.59 Å². The maximum Gasteiger partial charge on any atom is 0.237 e. The zero-order chi connectivity index (χ0) is 14.8. The summed E-state index contributed by atoms with van der Waals surface area (Å²) in [6, 6.07) is -0.335. The van der Waals surface area contributed by atoms with E-state index in [-0.39, 0.29) is 30.3 Å². The van der Waals surface area contributed by atoms with Gasteiger partial charge in [0.25, 0.3) is 0 Å². The Bertz CT molecular complexity index is 384. The summed E-state index contributed by atoms with van der Waals surface area (Å²) < 4.78 is 0. The summed E-state index contributed by atoms with van der Waals surface area (Å²) in [5, 5.41) is 15.3. The van der Waals surface area contributed by atoms with Gasteiger partial charge in [-0.3, -0.25) is 9.59 Å². The number of hydrogen-bond donors (Lipinski definition) is 3. The highest BCUT2D eigenvalue weighted by atomic mass is 35.5. The molecule has 1 aliphatic heterocycles. The minimum atomic E-state index is -0.449. The quantitative estimate of drug-likeness (QED) is 0.675. The Hall–Kier alpha value is -0.850. The van der Waals surface area contributed by atoms with E-state index in [9.17, 15) is 14.7 Å². The number of amides is 2. The Morgan fingerprint density at radius 3 is 2.43 bits per heavy atom. The first-order valence-corrected chi connectivity index (χ1v) is 7.35. The molecule has 3 N–H and O–H groups in total. The molecular formula is C14H26ClN3O3. The first-order valence-electron chi connectivity index (χ1n) is 7.35. The van der Waals surface area contributed by atoms with Gasteiger partial charge in [0, 0.05) is 27.2 Å². The molecule has 2 amide bonds. The van der Waals surface area contributed by atoms with Gasteiger partial charge >= 0.3 is 0 Å². The fourth-order valence-electron chi connectivity index (χ4n) is 3.29. The molecular weight excluding hydrogens is 294 g/mol. The molecule has 0 radical (unpaired) electrons. The van der Waals surface area contributed by atoms with Crippen LogP contribution in [0.5, 0.6) is 0 Å². The number of β-amino-alcohol motifs (C(OH)–C–C–N with tert-alkyl or cyclic N) is 1. The fourth-order valence-corrected chi connectivity index (χ4v) is 3.29. The molecule has 6 nitrogen and oxygen atoms in total. The van der Waals surface area contributed by atoms with Gasteiger partial charge in [0.15, 0.2) is 0 Å². The average molecular weight is 320 g/mol. The van der Waals surface area contributed by atoms with Crippen LogP contribution in [0, 0.1) is 5.41 Å². The highest BCUT2D eigenvalue weighted by Gasteiger charge is 2.42. The number of rotatable bonds is 4. The highest BCUT2D eigenvalue weighted by Crippen LogP contribution is 2.38. The molecule has 21 heavy (non-hydrogen) atoms. The fraction of sp³-hybridized carbons (Fsp3) is 0.857. The van der Waals surface area contributed by atoms with Crippen molar-refractivity contribution in [2.75, 3.05) is 27.2 Å². The summed E-state index contributed by atoms with van der Waals surface area (Å²) in [6.45, 7) is 0.858. The lowest BCUT2D eigenvalue weighted by Gasteiger charge is -2.31.